The number of benzene rings is 1. The first kappa shape index (κ1) is 15.2. The molecule has 1 aromatic rings. The number of methoxy groups -OCH3 is 1. The summed E-state index contributed by atoms with van der Waals surface area (Å²) >= 11 is 13.4. The third kappa shape index (κ3) is 2.80. The molecule has 0 aromatic heterocycles. The molecule has 7 heteroatoms. The zero-order valence-corrected chi connectivity index (χ0v) is 13.4. The normalized spacial score (nSPS) is 19.2. The summed E-state index contributed by atoms with van der Waals surface area (Å²) in [5.74, 6) is 0.371. The van der Waals surface area contributed by atoms with Crippen molar-refractivity contribution >= 4 is 52.1 Å². The van der Waals surface area contributed by atoms with Gasteiger partial charge in [0.15, 0.2) is 5.17 Å². The minimum Gasteiger partial charge on any atom is -0.495 e. The van der Waals surface area contributed by atoms with Gasteiger partial charge in [0.25, 0.3) is 5.91 Å². The number of nitrogens with zero attached hydrogens (tertiary/aromatic N) is 2. The number of hydrogen-bond acceptors (Lipinski definition) is 4. The van der Waals surface area contributed by atoms with Gasteiger partial charge >= 0.3 is 0 Å². The van der Waals surface area contributed by atoms with Crippen LogP contribution in [0.2, 0.25) is 10.0 Å². The van der Waals surface area contributed by atoms with Crippen molar-refractivity contribution in [2.24, 2.45) is 4.99 Å². The van der Waals surface area contributed by atoms with E-state index in [-0.39, 0.29) is 5.91 Å². The van der Waals surface area contributed by atoms with Gasteiger partial charge < -0.3 is 4.74 Å². The maximum atomic E-state index is 12.1. The summed E-state index contributed by atoms with van der Waals surface area (Å²) in [6.45, 7) is 0. The van der Waals surface area contributed by atoms with Crippen LogP contribution in [0.4, 0.5) is 0 Å². The molecule has 1 fully saturated rings. The van der Waals surface area contributed by atoms with Crippen molar-refractivity contribution in [3.05, 3.63) is 32.6 Å². The van der Waals surface area contributed by atoms with Gasteiger partial charge in [-0.05, 0) is 30.0 Å². The maximum Gasteiger partial charge on any atom is 0.266 e. The molecule has 2 rings (SSSR count). The number of thioether (sulfide) groups is 1. The summed E-state index contributed by atoms with van der Waals surface area (Å²) in [5, 5.41) is 1.53. The van der Waals surface area contributed by atoms with E-state index in [0.29, 0.717) is 31.4 Å². The summed E-state index contributed by atoms with van der Waals surface area (Å²) in [7, 11) is 4.85. The first-order valence-corrected chi connectivity index (χ1v) is 7.22. The number of hydrogen-bond donors (Lipinski definition) is 0. The molecule has 0 atom stereocenters. The molecule has 1 saturated heterocycles. The Morgan fingerprint density at radius 2 is 2.10 bits per heavy atom. The number of amidine groups is 1. The van der Waals surface area contributed by atoms with Crippen molar-refractivity contribution < 1.29 is 9.53 Å². The lowest BCUT2D eigenvalue weighted by molar-refractivity contribution is -0.121. The van der Waals surface area contributed by atoms with Crippen molar-refractivity contribution in [3.8, 4) is 5.75 Å². The lowest BCUT2D eigenvalue weighted by atomic mass is 10.2. The lowest BCUT2D eigenvalue weighted by Gasteiger charge is -2.08. The van der Waals surface area contributed by atoms with Crippen LogP contribution in [0.25, 0.3) is 6.08 Å². The highest BCUT2D eigenvalue weighted by Crippen LogP contribution is 2.37. The summed E-state index contributed by atoms with van der Waals surface area (Å²) in [4.78, 5) is 18.2. The van der Waals surface area contributed by atoms with E-state index >= 15 is 0 Å². The number of aliphatic imine (C=N–C) groups is 1. The topological polar surface area (TPSA) is 41.9 Å². The molecule has 0 saturated carbocycles. The molecule has 0 spiro atoms. The van der Waals surface area contributed by atoms with Crippen LogP contribution in [0, 0.1) is 0 Å². The van der Waals surface area contributed by atoms with Crippen LogP contribution < -0.4 is 4.74 Å². The van der Waals surface area contributed by atoms with E-state index in [1.54, 1.807) is 32.3 Å². The first-order valence-electron chi connectivity index (χ1n) is 5.65. The Kier molecular flexibility index (Phi) is 4.62. The van der Waals surface area contributed by atoms with Crippen LogP contribution in [0.5, 0.6) is 5.75 Å². The molecule has 1 aliphatic rings. The smallest absolute Gasteiger partial charge is 0.266 e. The van der Waals surface area contributed by atoms with Crippen LogP contribution in [0.15, 0.2) is 22.0 Å². The summed E-state index contributed by atoms with van der Waals surface area (Å²) in [6, 6.07) is 3.30. The number of amides is 1. The Hall–Kier alpha value is -1.17. The first-order chi connectivity index (χ1) is 9.47. The summed E-state index contributed by atoms with van der Waals surface area (Å²) < 4.78 is 5.26. The Morgan fingerprint density at radius 1 is 1.40 bits per heavy atom. The van der Waals surface area contributed by atoms with Crippen molar-refractivity contribution in [1.29, 1.82) is 0 Å². The minimum atomic E-state index is -0.117. The van der Waals surface area contributed by atoms with E-state index in [2.05, 4.69) is 4.99 Å². The molecule has 0 unspecified atom stereocenters. The fourth-order valence-electron chi connectivity index (χ4n) is 1.79. The average molecular weight is 331 g/mol. The molecule has 0 bridgehead atoms. The van der Waals surface area contributed by atoms with Crippen LogP contribution in [0.3, 0.4) is 0 Å². The van der Waals surface area contributed by atoms with Gasteiger partial charge in [-0.25, -0.2) is 0 Å². The van der Waals surface area contributed by atoms with Gasteiger partial charge in [0.1, 0.15) is 5.75 Å². The molecule has 1 aromatic carbocycles. The van der Waals surface area contributed by atoms with Crippen LogP contribution >= 0.6 is 35.0 Å². The highest BCUT2D eigenvalue weighted by molar-refractivity contribution is 8.18. The van der Waals surface area contributed by atoms with Gasteiger partial charge in [-0.2, -0.15) is 0 Å². The van der Waals surface area contributed by atoms with Crippen LogP contribution in [0.1, 0.15) is 5.56 Å². The molecule has 0 radical (unpaired) electrons. The molecule has 1 aliphatic heterocycles. The highest BCUT2D eigenvalue weighted by Gasteiger charge is 2.30. The lowest BCUT2D eigenvalue weighted by Crippen LogP contribution is -2.23. The molecule has 0 N–H and O–H groups in total. The van der Waals surface area contributed by atoms with E-state index in [1.165, 1.54) is 23.8 Å². The number of ether oxygens (including phenoxy) is 1. The van der Waals surface area contributed by atoms with Gasteiger partial charge in [-0.15, -0.1) is 0 Å². The quantitative estimate of drug-likeness (QED) is 0.779. The van der Waals surface area contributed by atoms with E-state index in [1.807, 2.05) is 0 Å². The molecular formula is C13H12Cl2N2O2S. The van der Waals surface area contributed by atoms with Crippen molar-refractivity contribution in [3.63, 3.8) is 0 Å². The SMILES string of the molecule is CN=C1S/C(=C/c2cc(Cl)cc(Cl)c2OC)C(=O)N1C. The van der Waals surface area contributed by atoms with Crippen LogP contribution in [-0.4, -0.2) is 37.2 Å². The fourth-order valence-corrected chi connectivity index (χ4v) is 3.30. The molecular weight excluding hydrogens is 319 g/mol. The van der Waals surface area contributed by atoms with Crippen molar-refractivity contribution in [2.75, 3.05) is 21.2 Å². The van der Waals surface area contributed by atoms with Crippen molar-refractivity contribution in [1.82, 2.24) is 4.90 Å². The second-order valence-electron chi connectivity index (χ2n) is 3.99. The number of carbonyl (C=O) groups excluding carboxylic acids is 1. The summed E-state index contributed by atoms with van der Waals surface area (Å²) in [5.41, 5.74) is 0.659. The molecule has 106 valence electrons. The van der Waals surface area contributed by atoms with Crippen LogP contribution in [-0.2, 0) is 4.79 Å². The molecule has 4 nitrogen and oxygen atoms in total. The summed E-state index contributed by atoms with van der Waals surface area (Å²) in [6.07, 6.45) is 1.71. The highest BCUT2D eigenvalue weighted by atomic mass is 35.5. The van der Waals surface area contributed by atoms with Gasteiger partial charge in [0, 0.05) is 24.7 Å². The van der Waals surface area contributed by atoms with Gasteiger partial charge in [-0.1, -0.05) is 23.2 Å². The minimum absolute atomic E-state index is 0.117. The molecule has 0 aliphatic carbocycles. The number of rotatable bonds is 2. The van der Waals surface area contributed by atoms with E-state index < -0.39 is 0 Å². The second kappa shape index (κ2) is 6.08. The van der Waals surface area contributed by atoms with Crippen molar-refractivity contribution in [2.45, 2.75) is 0 Å². The zero-order chi connectivity index (χ0) is 14.9. The number of carbonyl (C=O) groups is 1. The van der Waals surface area contributed by atoms with Gasteiger partial charge in [0.2, 0.25) is 0 Å². The molecule has 1 amide bonds. The number of likely N-dealkylation sites (N-methyl/N-ethyl adjacent to an activating group) is 1. The predicted octanol–water partition coefficient (Wildman–Crippen LogP) is 3.53. The van der Waals surface area contributed by atoms with E-state index in [4.69, 9.17) is 27.9 Å². The number of halogens is 2. The monoisotopic (exact) mass is 330 g/mol. The predicted molar refractivity (Wildman–Crippen MR) is 84.7 cm³/mol. The van der Waals surface area contributed by atoms with Gasteiger partial charge in [0.05, 0.1) is 17.0 Å². The Bertz CT molecular complexity index is 629. The fraction of sp³-hybridized carbons (Fsp3) is 0.231. The maximum absolute atomic E-state index is 12.1. The van der Waals surface area contributed by atoms with Gasteiger partial charge in [-0.3, -0.25) is 14.7 Å². The van der Waals surface area contributed by atoms with E-state index in [0.717, 1.165) is 0 Å². The largest absolute Gasteiger partial charge is 0.495 e. The van der Waals surface area contributed by atoms with E-state index in [9.17, 15) is 4.79 Å². The molecule has 20 heavy (non-hydrogen) atoms. The standard InChI is InChI=1S/C13H12Cl2N2O2S/c1-16-13-17(2)12(18)10(20-13)5-7-4-8(14)6-9(15)11(7)19-3/h4-6H,1-3H3/b10-5+,16-13?. The Balaban J connectivity index is 2.49. The average Bonchev–Trinajstić information content (AvgIpc) is 2.66. The molecule has 1 heterocycles. The Morgan fingerprint density at radius 3 is 2.65 bits per heavy atom. The Labute approximate surface area is 131 Å². The third-order valence-electron chi connectivity index (χ3n) is 2.72. The second-order valence-corrected chi connectivity index (χ2v) is 5.84. The third-order valence-corrected chi connectivity index (χ3v) is 4.37. The zero-order valence-electron chi connectivity index (χ0n) is 11.1.